The normalized spacial score (nSPS) is 24.0. The van der Waals surface area contributed by atoms with Gasteiger partial charge in [-0.1, -0.05) is 30.5 Å². The first-order valence-corrected chi connectivity index (χ1v) is 14.6. The molecule has 0 radical (unpaired) electrons. The molecule has 216 valence electrons. The Kier molecular flexibility index (Phi) is 8.09. The van der Waals surface area contributed by atoms with E-state index in [0.717, 1.165) is 43.6 Å². The van der Waals surface area contributed by atoms with Crippen molar-refractivity contribution in [3.8, 4) is 11.3 Å². The number of benzene rings is 1. The summed E-state index contributed by atoms with van der Waals surface area (Å²) >= 11 is 0. The molecule has 1 unspecified atom stereocenters. The van der Waals surface area contributed by atoms with Crippen LogP contribution in [0.15, 0.2) is 53.2 Å². The van der Waals surface area contributed by atoms with Crippen LogP contribution in [-0.2, 0) is 4.79 Å². The average Bonchev–Trinajstić information content (AvgIpc) is 3.69. The summed E-state index contributed by atoms with van der Waals surface area (Å²) in [7, 11) is 0. The Labute approximate surface area is 238 Å². The number of aromatic nitrogens is 2. The first-order chi connectivity index (χ1) is 20.0. The van der Waals surface area contributed by atoms with E-state index in [1.807, 2.05) is 23.1 Å². The fraction of sp³-hybridized carbons (Fsp3) is 0.484. The summed E-state index contributed by atoms with van der Waals surface area (Å²) in [5, 5.41) is 6.88. The minimum absolute atomic E-state index is 0.0129. The first-order valence-electron chi connectivity index (χ1n) is 14.6. The van der Waals surface area contributed by atoms with Gasteiger partial charge in [-0.3, -0.25) is 19.5 Å². The Bertz CT molecular complexity index is 1380. The van der Waals surface area contributed by atoms with Crippen molar-refractivity contribution in [3.63, 3.8) is 0 Å². The van der Waals surface area contributed by atoms with Crippen molar-refractivity contribution < 1.29 is 22.9 Å². The highest BCUT2D eigenvalue weighted by Crippen LogP contribution is 2.32. The number of hydrogen-bond acceptors (Lipinski definition) is 6. The monoisotopic (exact) mass is 563 g/mol. The van der Waals surface area contributed by atoms with Crippen molar-refractivity contribution in [2.45, 2.75) is 62.9 Å². The van der Waals surface area contributed by atoms with E-state index in [4.69, 9.17) is 4.52 Å². The second-order valence-corrected chi connectivity index (χ2v) is 11.5. The van der Waals surface area contributed by atoms with Gasteiger partial charge in [0, 0.05) is 68.2 Å². The highest BCUT2D eigenvalue weighted by molar-refractivity contribution is 5.94. The van der Waals surface area contributed by atoms with Gasteiger partial charge < -0.3 is 14.7 Å². The highest BCUT2D eigenvalue weighted by atomic mass is 19.1. The molecule has 0 bridgehead atoms. The summed E-state index contributed by atoms with van der Waals surface area (Å²) in [4.78, 5) is 36.2. The van der Waals surface area contributed by atoms with Gasteiger partial charge >= 0.3 is 0 Å². The molecule has 6 rings (SSSR count). The molecule has 41 heavy (non-hydrogen) atoms. The highest BCUT2D eigenvalue weighted by Gasteiger charge is 2.41. The summed E-state index contributed by atoms with van der Waals surface area (Å²) in [5.41, 5.74) is 1.00. The van der Waals surface area contributed by atoms with Crippen LogP contribution in [0.4, 0.5) is 8.78 Å². The van der Waals surface area contributed by atoms with Crippen LogP contribution in [-0.4, -0.2) is 70.0 Å². The predicted octanol–water partition coefficient (Wildman–Crippen LogP) is 4.78. The fourth-order valence-electron chi connectivity index (χ4n) is 6.67. The zero-order chi connectivity index (χ0) is 28.3. The van der Waals surface area contributed by atoms with Gasteiger partial charge in [-0.25, -0.2) is 8.78 Å². The maximum absolute atomic E-state index is 14.3. The van der Waals surface area contributed by atoms with Gasteiger partial charge in [0.15, 0.2) is 11.5 Å². The summed E-state index contributed by atoms with van der Waals surface area (Å²) < 4.78 is 32.8. The molecular weight excluding hydrogens is 528 g/mol. The minimum Gasteiger partial charge on any atom is -0.355 e. The zero-order valence-corrected chi connectivity index (χ0v) is 23.0. The molecule has 2 saturated heterocycles. The second-order valence-electron chi connectivity index (χ2n) is 11.5. The Morgan fingerprint density at radius 2 is 1.80 bits per heavy atom. The van der Waals surface area contributed by atoms with Crippen molar-refractivity contribution in [3.05, 3.63) is 71.7 Å². The number of rotatable bonds is 6. The maximum Gasteiger partial charge on any atom is 0.273 e. The number of piperidine rings is 1. The van der Waals surface area contributed by atoms with Crippen molar-refractivity contribution in [1.82, 2.24) is 25.3 Å². The molecule has 2 aromatic heterocycles. The Hall–Kier alpha value is -3.66. The standard InChI is InChI=1S/C31H35F2N5O3/c32-21-9-10-23(25(33)16-21)29-17-28(36-41-29)30(39)35-27-12-15-37(22-6-2-1-3-7-22)19-24(27)31(40)38-14-11-20(18-38)26-8-4-5-13-34-26/h4-5,8-10,13,16-17,20,22,24,27H,1-3,6-7,11-12,14-15,18-19H2,(H,35,39)/t20?,24-,27-/m1/s1. The first kappa shape index (κ1) is 27.5. The third-order valence-corrected chi connectivity index (χ3v) is 8.91. The smallest absolute Gasteiger partial charge is 0.273 e. The van der Waals surface area contributed by atoms with Gasteiger partial charge in [0.05, 0.1) is 11.5 Å². The van der Waals surface area contributed by atoms with Crippen LogP contribution < -0.4 is 5.32 Å². The molecule has 3 atom stereocenters. The van der Waals surface area contributed by atoms with Gasteiger partial charge in [-0.2, -0.15) is 0 Å². The molecular formula is C31H35F2N5O3. The van der Waals surface area contributed by atoms with Crippen molar-refractivity contribution in [1.29, 1.82) is 0 Å². The molecule has 1 aromatic carbocycles. The molecule has 3 aromatic rings. The van der Waals surface area contributed by atoms with Crippen LogP contribution in [0.1, 0.15) is 67.0 Å². The molecule has 8 nitrogen and oxygen atoms in total. The Morgan fingerprint density at radius 1 is 0.951 bits per heavy atom. The molecule has 10 heteroatoms. The molecule has 2 aliphatic heterocycles. The number of likely N-dealkylation sites (tertiary alicyclic amines) is 2. The van der Waals surface area contributed by atoms with E-state index in [9.17, 15) is 18.4 Å². The third-order valence-electron chi connectivity index (χ3n) is 8.91. The lowest BCUT2D eigenvalue weighted by atomic mass is 9.86. The fourth-order valence-corrected chi connectivity index (χ4v) is 6.67. The van der Waals surface area contributed by atoms with E-state index in [0.29, 0.717) is 32.1 Å². The Morgan fingerprint density at radius 3 is 2.59 bits per heavy atom. The lowest BCUT2D eigenvalue weighted by Crippen LogP contribution is -2.58. The number of nitrogens with one attached hydrogen (secondary N) is 1. The number of hydrogen-bond donors (Lipinski definition) is 1. The topological polar surface area (TPSA) is 91.6 Å². The molecule has 1 saturated carbocycles. The molecule has 1 aliphatic carbocycles. The SMILES string of the molecule is O=C(N[C@@H]1CCN(C2CCCCC2)C[C@H]1C(=O)N1CCC(c2ccccn2)C1)c1cc(-c2ccc(F)cc2F)on1. The molecule has 0 spiro atoms. The van der Waals surface area contributed by atoms with E-state index in [-0.39, 0.29) is 34.9 Å². The summed E-state index contributed by atoms with van der Waals surface area (Å²) in [6, 6.07) is 10.4. The number of carbonyl (C=O) groups excluding carboxylic acids is 2. The molecule has 3 aliphatic rings. The summed E-state index contributed by atoms with van der Waals surface area (Å²) in [6.07, 6.45) is 9.26. The summed E-state index contributed by atoms with van der Waals surface area (Å²) in [5.74, 6) is -2.09. The molecule has 3 fully saturated rings. The number of nitrogens with zero attached hydrogens (tertiary/aromatic N) is 4. The largest absolute Gasteiger partial charge is 0.355 e. The van der Waals surface area contributed by atoms with Crippen LogP contribution in [0.3, 0.4) is 0 Å². The van der Waals surface area contributed by atoms with E-state index >= 15 is 0 Å². The quantitative estimate of drug-likeness (QED) is 0.464. The molecule has 1 N–H and O–H groups in total. The van der Waals surface area contributed by atoms with Crippen LogP contribution in [0.25, 0.3) is 11.3 Å². The zero-order valence-electron chi connectivity index (χ0n) is 23.0. The second kappa shape index (κ2) is 12.1. The van der Waals surface area contributed by atoms with E-state index in [2.05, 4.69) is 20.4 Å². The van der Waals surface area contributed by atoms with Gasteiger partial charge in [0.25, 0.3) is 5.91 Å². The molecule has 4 heterocycles. The van der Waals surface area contributed by atoms with E-state index in [1.54, 1.807) is 6.20 Å². The van der Waals surface area contributed by atoms with E-state index < -0.39 is 23.5 Å². The van der Waals surface area contributed by atoms with Crippen LogP contribution in [0.2, 0.25) is 0 Å². The third kappa shape index (κ3) is 6.02. The number of pyridine rings is 1. The van der Waals surface area contributed by atoms with Crippen LogP contribution >= 0.6 is 0 Å². The van der Waals surface area contributed by atoms with Gasteiger partial charge in [-0.15, -0.1) is 0 Å². The summed E-state index contributed by atoms with van der Waals surface area (Å²) in [6.45, 7) is 2.69. The van der Waals surface area contributed by atoms with Gasteiger partial charge in [0.1, 0.15) is 11.6 Å². The Balaban J connectivity index is 1.18. The predicted molar refractivity (Wildman–Crippen MR) is 148 cm³/mol. The van der Waals surface area contributed by atoms with Gasteiger partial charge in [-0.05, 0) is 49.9 Å². The van der Waals surface area contributed by atoms with Crippen LogP contribution in [0.5, 0.6) is 0 Å². The maximum atomic E-state index is 14.3. The van der Waals surface area contributed by atoms with Crippen molar-refractivity contribution >= 4 is 11.8 Å². The minimum atomic E-state index is -0.802. The van der Waals surface area contributed by atoms with Gasteiger partial charge in [0.2, 0.25) is 5.91 Å². The number of amides is 2. The lowest BCUT2D eigenvalue weighted by molar-refractivity contribution is -0.137. The molecule has 2 amide bonds. The lowest BCUT2D eigenvalue weighted by Gasteiger charge is -2.43. The number of halogens is 2. The van der Waals surface area contributed by atoms with Crippen molar-refractivity contribution in [2.24, 2.45) is 5.92 Å². The average molecular weight is 564 g/mol. The van der Waals surface area contributed by atoms with Crippen molar-refractivity contribution in [2.75, 3.05) is 26.2 Å². The number of carbonyl (C=O) groups is 2. The van der Waals surface area contributed by atoms with Crippen LogP contribution in [0, 0.1) is 17.6 Å². The van der Waals surface area contributed by atoms with E-state index in [1.165, 1.54) is 31.4 Å².